The van der Waals surface area contributed by atoms with E-state index in [0.29, 0.717) is 36.7 Å². The number of fused-ring (bicyclic) bond motifs is 1. The molecule has 2 amide bonds. The molecule has 1 aromatic carbocycles. The van der Waals surface area contributed by atoms with Crippen LogP contribution in [0.5, 0.6) is 0 Å². The average molecular weight is 464 g/mol. The zero-order valence-electron chi connectivity index (χ0n) is 20.0. The molecule has 1 fully saturated rings. The van der Waals surface area contributed by atoms with Gasteiger partial charge in [0.2, 0.25) is 11.9 Å². The van der Waals surface area contributed by atoms with Gasteiger partial charge in [-0.15, -0.1) is 0 Å². The van der Waals surface area contributed by atoms with Crippen LogP contribution in [0.2, 0.25) is 0 Å². The number of aromatic nitrogens is 2. The van der Waals surface area contributed by atoms with E-state index in [1.165, 1.54) is 16.5 Å². The molecule has 1 aromatic heterocycles. The topological polar surface area (TPSA) is 87.7 Å². The van der Waals surface area contributed by atoms with Crippen molar-refractivity contribution in [2.75, 3.05) is 29.9 Å². The van der Waals surface area contributed by atoms with Gasteiger partial charge in [0.1, 0.15) is 12.4 Å². The van der Waals surface area contributed by atoms with Crippen LogP contribution in [-0.2, 0) is 22.7 Å². The Bertz CT molecular complexity index is 1030. The van der Waals surface area contributed by atoms with Crippen LogP contribution in [0, 0.1) is 5.92 Å². The molecule has 0 aliphatic carbocycles. The molecule has 0 saturated carbocycles. The van der Waals surface area contributed by atoms with E-state index < -0.39 is 0 Å². The number of hydrogen-bond donors (Lipinski definition) is 1. The fourth-order valence-electron chi connectivity index (χ4n) is 4.96. The monoisotopic (exact) mass is 463 g/mol. The standard InChI is InChI=1S/C26H33N5O3/c1-4-22(20-11-13-30(14-12-20)23(32)5-2)19-9-7-18(8-10-19)15-27-25-28-16-21-17-34-26(33)31(6-3)24(21)29-25/h5,7-10,16,20,22H,2,4,6,11-15,17H2,1,3H3,(H,27,28,29)/t22-/m1/s1. The minimum atomic E-state index is -0.376. The first-order chi connectivity index (χ1) is 16.5. The summed E-state index contributed by atoms with van der Waals surface area (Å²) in [7, 11) is 0. The highest BCUT2D eigenvalue weighted by molar-refractivity contribution is 5.89. The van der Waals surface area contributed by atoms with E-state index in [1.54, 1.807) is 6.20 Å². The molecule has 1 N–H and O–H groups in total. The van der Waals surface area contributed by atoms with E-state index >= 15 is 0 Å². The summed E-state index contributed by atoms with van der Waals surface area (Å²) >= 11 is 0. The number of piperidine rings is 1. The molecule has 3 heterocycles. The van der Waals surface area contributed by atoms with Crippen molar-refractivity contribution in [3.05, 3.63) is 59.8 Å². The number of benzene rings is 1. The summed E-state index contributed by atoms with van der Waals surface area (Å²) < 4.78 is 5.15. The van der Waals surface area contributed by atoms with Gasteiger partial charge in [-0.05, 0) is 55.2 Å². The van der Waals surface area contributed by atoms with E-state index in [9.17, 15) is 9.59 Å². The first-order valence-electron chi connectivity index (χ1n) is 12.1. The van der Waals surface area contributed by atoms with E-state index in [2.05, 4.69) is 53.1 Å². The van der Waals surface area contributed by atoms with E-state index in [0.717, 1.165) is 43.5 Å². The predicted molar refractivity (Wildman–Crippen MR) is 132 cm³/mol. The van der Waals surface area contributed by atoms with Gasteiger partial charge in [-0.3, -0.25) is 9.69 Å². The van der Waals surface area contributed by atoms with Gasteiger partial charge in [0.15, 0.2) is 0 Å². The van der Waals surface area contributed by atoms with E-state index in [1.807, 2.05) is 11.8 Å². The lowest BCUT2D eigenvalue weighted by Gasteiger charge is -2.35. The zero-order chi connectivity index (χ0) is 24.1. The van der Waals surface area contributed by atoms with Crippen molar-refractivity contribution in [1.82, 2.24) is 14.9 Å². The summed E-state index contributed by atoms with van der Waals surface area (Å²) in [5.41, 5.74) is 3.29. The van der Waals surface area contributed by atoms with Crippen LogP contribution in [-0.4, -0.2) is 46.5 Å². The Labute approximate surface area is 201 Å². The molecule has 0 bridgehead atoms. The maximum absolute atomic E-state index is 12.0. The number of amides is 2. The first kappa shape index (κ1) is 23.7. The molecule has 2 aliphatic heterocycles. The van der Waals surface area contributed by atoms with Crippen molar-refractivity contribution < 1.29 is 14.3 Å². The number of cyclic esters (lactones) is 1. The molecule has 1 saturated heterocycles. The second kappa shape index (κ2) is 10.7. The van der Waals surface area contributed by atoms with Gasteiger partial charge < -0.3 is 15.0 Å². The molecule has 34 heavy (non-hydrogen) atoms. The number of ether oxygens (including phenoxy) is 1. The SMILES string of the molecule is C=CC(=O)N1CCC([C@H](CC)c2ccc(CNc3ncc4c(n3)N(CC)C(=O)OC4)cc2)CC1. The maximum atomic E-state index is 12.0. The van der Waals surface area contributed by atoms with Crippen molar-refractivity contribution in [3.8, 4) is 0 Å². The van der Waals surface area contributed by atoms with Gasteiger partial charge in [0.25, 0.3) is 0 Å². The minimum Gasteiger partial charge on any atom is -0.444 e. The quantitative estimate of drug-likeness (QED) is 0.581. The summed E-state index contributed by atoms with van der Waals surface area (Å²) in [6, 6.07) is 8.73. The van der Waals surface area contributed by atoms with Gasteiger partial charge in [-0.25, -0.2) is 9.78 Å². The number of hydrogen-bond acceptors (Lipinski definition) is 6. The van der Waals surface area contributed by atoms with Crippen LogP contribution in [0.1, 0.15) is 55.7 Å². The fourth-order valence-corrected chi connectivity index (χ4v) is 4.96. The highest BCUT2D eigenvalue weighted by atomic mass is 16.6. The largest absolute Gasteiger partial charge is 0.444 e. The number of likely N-dealkylation sites (tertiary alicyclic amines) is 1. The maximum Gasteiger partial charge on any atom is 0.415 e. The molecule has 0 unspecified atom stereocenters. The molecule has 8 heteroatoms. The summed E-state index contributed by atoms with van der Waals surface area (Å²) in [6.07, 6.45) is 5.88. The second-order valence-corrected chi connectivity index (χ2v) is 8.82. The Morgan fingerprint density at radius 3 is 2.65 bits per heavy atom. The second-order valence-electron chi connectivity index (χ2n) is 8.82. The number of nitrogens with zero attached hydrogens (tertiary/aromatic N) is 4. The minimum absolute atomic E-state index is 0.0357. The molecule has 4 rings (SSSR count). The molecule has 1 atom stereocenters. The first-order valence-corrected chi connectivity index (χ1v) is 12.1. The van der Waals surface area contributed by atoms with Crippen LogP contribution in [0.4, 0.5) is 16.6 Å². The number of anilines is 2. The van der Waals surface area contributed by atoms with Gasteiger partial charge >= 0.3 is 6.09 Å². The lowest BCUT2D eigenvalue weighted by molar-refractivity contribution is -0.127. The number of nitrogens with one attached hydrogen (secondary N) is 1. The molecular weight excluding hydrogens is 430 g/mol. The molecule has 8 nitrogen and oxygen atoms in total. The Balaban J connectivity index is 1.37. The lowest BCUT2D eigenvalue weighted by atomic mass is 9.78. The smallest absolute Gasteiger partial charge is 0.415 e. The highest BCUT2D eigenvalue weighted by Gasteiger charge is 2.28. The van der Waals surface area contributed by atoms with Crippen molar-refractivity contribution in [2.24, 2.45) is 5.92 Å². The van der Waals surface area contributed by atoms with Crippen molar-refractivity contribution in [1.29, 1.82) is 0 Å². The molecular formula is C26H33N5O3. The Morgan fingerprint density at radius 1 is 1.26 bits per heavy atom. The van der Waals surface area contributed by atoms with Crippen LogP contribution < -0.4 is 10.2 Å². The third-order valence-electron chi connectivity index (χ3n) is 6.88. The van der Waals surface area contributed by atoms with Gasteiger partial charge in [-0.2, -0.15) is 4.98 Å². The fraction of sp³-hybridized carbons (Fsp3) is 0.462. The van der Waals surface area contributed by atoms with Crippen molar-refractivity contribution in [2.45, 2.75) is 52.2 Å². The molecule has 0 radical (unpaired) electrons. The number of carbonyl (C=O) groups is 2. The van der Waals surface area contributed by atoms with Crippen molar-refractivity contribution >= 4 is 23.8 Å². The summed E-state index contributed by atoms with van der Waals surface area (Å²) in [5.74, 6) is 2.21. The van der Waals surface area contributed by atoms with Gasteiger partial charge in [0.05, 0.1) is 5.56 Å². The Morgan fingerprint density at radius 2 is 2.00 bits per heavy atom. The lowest BCUT2D eigenvalue weighted by Crippen LogP contribution is -2.38. The predicted octanol–water partition coefficient (Wildman–Crippen LogP) is 4.48. The Hall–Kier alpha value is -3.42. The van der Waals surface area contributed by atoms with E-state index in [4.69, 9.17) is 4.74 Å². The molecule has 2 aromatic rings. The zero-order valence-corrected chi connectivity index (χ0v) is 20.0. The summed E-state index contributed by atoms with van der Waals surface area (Å²) in [5, 5.41) is 3.27. The van der Waals surface area contributed by atoms with Gasteiger partial charge in [-0.1, -0.05) is 37.8 Å². The number of rotatable bonds is 8. The van der Waals surface area contributed by atoms with Crippen LogP contribution in [0.25, 0.3) is 0 Å². The van der Waals surface area contributed by atoms with Crippen LogP contribution in [0.3, 0.4) is 0 Å². The van der Waals surface area contributed by atoms with E-state index in [-0.39, 0.29) is 18.6 Å². The number of carbonyl (C=O) groups excluding carboxylic acids is 2. The van der Waals surface area contributed by atoms with Gasteiger partial charge in [0, 0.05) is 32.4 Å². The van der Waals surface area contributed by atoms with Crippen molar-refractivity contribution in [3.63, 3.8) is 0 Å². The molecule has 2 aliphatic rings. The normalized spacial score (nSPS) is 17.1. The molecule has 0 spiro atoms. The summed E-state index contributed by atoms with van der Waals surface area (Å²) in [6.45, 7) is 10.6. The van der Waals surface area contributed by atoms with Crippen LogP contribution in [0.15, 0.2) is 43.1 Å². The average Bonchev–Trinajstić information content (AvgIpc) is 2.88. The third kappa shape index (κ3) is 5.05. The highest BCUT2D eigenvalue weighted by Crippen LogP contribution is 2.35. The Kier molecular flexibility index (Phi) is 7.45. The van der Waals surface area contributed by atoms with Crippen LogP contribution >= 0.6 is 0 Å². The summed E-state index contributed by atoms with van der Waals surface area (Å²) in [4.78, 5) is 36.2. The molecule has 180 valence electrons. The third-order valence-corrected chi connectivity index (χ3v) is 6.88.